The normalized spacial score (nSPS) is 17.2. The largest absolute Gasteiger partial charge is 0.325 e. The number of aromatic amines is 1. The fourth-order valence-corrected chi connectivity index (χ4v) is 3.77. The lowest BCUT2D eigenvalue weighted by Crippen LogP contribution is -2.21. The van der Waals surface area contributed by atoms with Crippen LogP contribution in [0.1, 0.15) is 21.3 Å². The number of nitrogens with zero attached hydrogens (tertiary/aromatic N) is 1. The SMILES string of the molecule is CS[C@H]1c2c(cc(=O)[nH]c2-c2ccc(Br)cc2)C(=O)N1C. The summed E-state index contributed by atoms with van der Waals surface area (Å²) in [5.74, 6) is -0.103. The molecule has 4 nitrogen and oxygen atoms in total. The summed E-state index contributed by atoms with van der Waals surface area (Å²) in [5, 5.41) is -0.0806. The summed E-state index contributed by atoms with van der Waals surface area (Å²) in [6.45, 7) is 0. The third kappa shape index (κ3) is 2.32. The summed E-state index contributed by atoms with van der Waals surface area (Å²) in [5.41, 5.74) is 2.75. The zero-order valence-electron chi connectivity index (χ0n) is 11.5. The Labute approximate surface area is 134 Å². The van der Waals surface area contributed by atoms with E-state index in [2.05, 4.69) is 20.9 Å². The van der Waals surface area contributed by atoms with E-state index in [0.29, 0.717) is 5.56 Å². The van der Waals surface area contributed by atoms with Gasteiger partial charge in [-0.1, -0.05) is 28.1 Å². The number of nitrogens with one attached hydrogen (secondary N) is 1. The number of carbonyl (C=O) groups is 1. The van der Waals surface area contributed by atoms with E-state index in [4.69, 9.17) is 0 Å². The second-order valence-electron chi connectivity index (χ2n) is 4.85. The van der Waals surface area contributed by atoms with E-state index in [1.54, 1.807) is 23.7 Å². The molecule has 0 aliphatic carbocycles. The first kappa shape index (κ1) is 14.4. The van der Waals surface area contributed by atoms with Gasteiger partial charge in [-0.2, -0.15) is 0 Å². The number of hydrogen-bond acceptors (Lipinski definition) is 3. The van der Waals surface area contributed by atoms with Crippen LogP contribution in [0, 0.1) is 0 Å². The van der Waals surface area contributed by atoms with Gasteiger partial charge in [0.2, 0.25) is 5.56 Å². The molecule has 0 unspecified atom stereocenters. The number of fused-ring (bicyclic) bond motifs is 1. The maximum absolute atomic E-state index is 12.3. The van der Waals surface area contributed by atoms with Gasteiger partial charge in [-0.3, -0.25) is 9.59 Å². The smallest absolute Gasteiger partial charge is 0.255 e. The molecule has 2 aromatic rings. The Morgan fingerprint density at radius 1 is 1.24 bits per heavy atom. The Morgan fingerprint density at radius 2 is 1.90 bits per heavy atom. The average Bonchev–Trinajstić information content (AvgIpc) is 2.71. The quantitative estimate of drug-likeness (QED) is 0.889. The molecule has 0 bridgehead atoms. The number of thioether (sulfide) groups is 1. The zero-order chi connectivity index (χ0) is 15.1. The molecule has 1 aliphatic rings. The van der Waals surface area contributed by atoms with Crippen molar-refractivity contribution in [3.05, 3.63) is 56.3 Å². The van der Waals surface area contributed by atoms with Gasteiger partial charge in [-0.15, -0.1) is 11.8 Å². The first-order valence-corrected chi connectivity index (χ1v) is 8.44. The van der Waals surface area contributed by atoms with E-state index in [1.807, 2.05) is 30.5 Å². The van der Waals surface area contributed by atoms with Crippen LogP contribution in [0.4, 0.5) is 0 Å². The van der Waals surface area contributed by atoms with Crippen molar-refractivity contribution >= 4 is 33.6 Å². The highest BCUT2D eigenvalue weighted by molar-refractivity contribution is 9.10. The number of H-pyrrole nitrogens is 1. The fraction of sp³-hybridized carbons (Fsp3) is 0.200. The molecule has 108 valence electrons. The highest BCUT2D eigenvalue weighted by Crippen LogP contribution is 2.42. The fourth-order valence-electron chi connectivity index (χ4n) is 2.61. The number of carbonyl (C=O) groups excluding carboxylic acids is 1. The highest BCUT2D eigenvalue weighted by atomic mass is 79.9. The van der Waals surface area contributed by atoms with Crippen molar-refractivity contribution in [1.82, 2.24) is 9.88 Å². The van der Waals surface area contributed by atoms with Gasteiger partial charge in [0.25, 0.3) is 5.91 Å². The molecule has 3 rings (SSSR count). The third-order valence-corrected chi connectivity index (χ3v) is 5.12. The molecule has 1 amide bonds. The molecule has 0 saturated carbocycles. The summed E-state index contributed by atoms with van der Waals surface area (Å²) in [4.78, 5) is 28.8. The van der Waals surface area contributed by atoms with Crippen LogP contribution >= 0.6 is 27.7 Å². The average molecular weight is 365 g/mol. The molecule has 2 heterocycles. The molecule has 1 aliphatic heterocycles. The highest BCUT2D eigenvalue weighted by Gasteiger charge is 2.36. The van der Waals surface area contributed by atoms with Crippen molar-refractivity contribution in [3.8, 4) is 11.3 Å². The Balaban J connectivity index is 2.28. The van der Waals surface area contributed by atoms with Crippen molar-refractivity contribution in [2.45, 2.75) is 5.37 Å². The van der Waals surface area contributed by atoms with Crippen LogP contribution in [-0.4, -0.2) is 29.1 Å². The van der Waals surface area contributed by atoms with Crippen LogP contribution in [0.15, 0.2) is 39.6 Å². The third-order valence-electron chi connectivity index (χ3n) is 3.59. The van der Waals surface area contributed by atoms with Crippen LogP contribution in [0.25, 0.3) is 11.3 Å². The predicted octanol–water partition coefficient (Wildman–Crippen LogP) is 3.25. The zero-order valence-corrected chi connectivity index (χ0v) is 13.9. The number of halogens is 1. The Bertz CT molecular complexity index is 770. The molecule has 0 saturated heterocycles. The summed E-state index contributed by atoms with van der Waals surface area (Å²) in [6, 6.07) is 9.08. The second-order valence-corrected chi connectivity index (χ2v) is 6.68. The monoisotopic (exact) mass is 364 g/mol. The van der Waals surface area contributed by atoms with Crippen molar-refractivity contribution in [3.63, 3.8) is 0 Å². The van der Waals surface area contributed by atoms with Crippen molar-refractivity contribution in [1.29, 1.82) is 0 Å². The van der Waals surface area contributed by atoms with Gasteiger partial charge in [0.05, 0.1) is 11.3 Å². The Morgan fingerprint density at radius 3 is 2.52 bits per heavy atom. The first-order valence-electron chi connectivity index (χ1n) is 6.36. The van der Waals surface area contributed by atoms with Crippen LogP contribution in [0.5, 0.6) is 0 Å². The standard InChI is InChI=1S/C15H13BrN2O2S/c1-18-14(20)10-7-11(19)17-13(12(10)15(18)21-2)8-3-5-9(16)6-4-8/h3-7,15H,1-2H3,(H,17,19)/t15-/m0/s1. The van der Waals surface area contributed by atoms with Gasteiger partial charge < -0.3 is 9.88 Å². The lowest BCUT2D eigenvalue weighted by Gasteiger charge is -2.19. The molecular weight excluding hydrogens is 352 g/mol. The van der Waals surface area contributed by atoms with E-state index in [0.717, 1.165) is 21.3 Å². The first-order chi connectivity index (χ1) is 10.0. The summed E-state index contributed by atoms with van der Waals surface area (Å²) in [7, 11) is 1.76. The minimum absolute atomic E-state index is 0.0806. The minimum Gasteiger partial charge on any atom is -0.325 e. The molecule has 21 heavy (non-hydrogen) atoms. The maximum atomic E-state index is 12.3. The molecule has 1 aromatic heterocycles. The van der Waals surface area contributed by atoms with Crippen LogP contribution < -0.4 is 5.56 Å². The van der Waals surface area contributed by atoms with Gasteiger partial charge in [0.15, 0.2) is 0 Å². The van der Waals surface area contributed by atoms with Gasteiger partial charge >= 0.3 is 0 Å². The Hall–Kier alpha value is -1.53. The lowest BCUT2D eigenvalue weighted by atomic mass is 10.0. The van der Waals surface area contributed by atoms with Crippen LogP contribution in [-0.2, 0) is 0 Å². The second kappa shape index (κ2) is 5.35. The number of benzene rings is 1. The van der Waals surface area contributed by atoms with E-state index in [9.17, 15) is 9.59 Å². The molecule has 1 aromatic carbocycles. The molecule has 1 N–H and O–H groups in total. The van der Waals surface area contributed by atoms with E-state index >= 15 is 0 Å². The van der Waals surface area contributed by atoms with Crippen molar-refractivity contribution in [2.75, 3.05) is 13.3 Å². The Kier molecular flexibility index (Phi) is 3.67. The van der Waals surface area contributed by atoms with Gasteiger partial charge in [-0.05, 0) is 24.0 Å². The van der Waals surface area contributed by atoms with E-state index < -0.39 is 0 Å². The van der Waals surface area contributed by atoms with Crippen molar-refractivity contribution < 1.29 is 4.79 Å². The summed E-state index contributed by atoms with van der Waals surface area (Å²) in [6.07, 6.45) is 1.96. The molecular formula is C15H13BrN2O2S. The summed E-state index contributed by atoms with van der Waals surface area (Å²) >= 11 is 4.98. The van der Waals surface area contributed by atoms with Gasteiger partial charge in [0, 0.05) is 23.2 Å². The molecule has 1 atom stereocenters. The van der Waals surface area contributed by atoms with Gasteiger partial charge in [0.1, 0.15) is 5.37 Å². The lowest BCUT2D eigenvalue weighted by molar-refractivity contribution is 0.0813. The summed E-state index contributed by atoms with van der Waals surface area (Å²) < 4.78 is 0.968. The number of aromatic nitrogens is 1. The number of pyridine rings is 1. The molecule has 0 radical (unpaired) electrons. The number of amides is 1. The van der Waals surface area contributed by atoms with Crippen LogP contribution in [0.3, 0.4) is 0 Å². The van der Waals surface area contributed by atoms with Gasteiger partial charge in [-0.25, -0.2) is 0 Å². The van der Waals surface area contributed by atoms with E-state index in [-0.39, 0.29) is 16.8 Å². The molecule has 0 fully saturated rings. The van der Waals surface area contributed by atoms with Crippen LogP contribution in [0.2, 0.25) is 0 Å². The molecule has 6 heteroatoms. The molecule has 0 spiro atoms. The number of hydrogen-bond donors (Lipinski definition) is 1. The van der Waals surface area contributed by atoms with E-state index in [1.165, 1.54) is 6.07 Å². The van der Waals surface area contributed by atoms with Crippen molar-refractivity contribution in [2.24, 2.45) is 0 Å². The topological polar surface area (TPSA) is 53.2 Å². The predicted molar refractivity (Wildman–Crippen MR) is 88.5 cm³/mol. The minimum atomic E-state index is -0.254. The maximum Gasteiger partial charge on any atom is 0.255 e. The number of rotatable bonds is 2.